The molecule has 0 amide bonds. The Morgan fingerprint density at radius 1 is 1.52 bits per heavy atom. The van der Waals surface area contributed by atoms with Crippen LogP contribution in [-0.4, -0.2) is 53.0 Å². The highest BCUT2D eigenvalue weighted by Crippen LogP contribution is 2.28. The number of rotatable bonds is 6. The monoisotopic (exact) mass is 332 g/mol. The molecule has 2 rings (SSSR count). The van der Waals surface area contributed by atoms with Gasteiger partial charge in [-0.2, -0.15) is 4.31 Å². The van der Waals surface area contributed by atoms with E-state index < -0.39 is 15.6 Å². The van der Waals surface area contributed by atoms with Crippen LogP contribution in [0.25, 0.3) is 4.96 Å². The van der Waals surface area contributed by atoms with Crippen LogP contribution in [0.5, 0.6) is 0 Å². The SMILES string of the molecule is CCN(CC(C)(C)O)S(=O)(=O)c1c(NC)nc2sccn12. The van der Waals surface area contributed by atoms with Gasteiger partial charge in [-0.15, -0.1) is 11.3 Å². The molecule has 0 bridgehead atoms. The molecule has 7 nitrogen and oxygen atoms in total. The first-order valence-electron chi connectivity index (χ1n) is 6.56. The summed E-state index contributed by atoms with van der Waals surface area (Å²) in [6.07, 6.45) is 1.68. The van der Waals surface area contributed by atoms with E-state index in [0.29, 0.717) is 10.8 Å². The molecule has 0 unspecified atom stereocenters. The number of hydrogen-bond donors (Lipinski definition) is 2. The molecule has 0 aliphatic rings. The summed E-state index contributed by atoms with van der Waals surface area (Å²) >= 11 is 1.37. The van der Waals surface area contributed by atoms with Crippen molar-refractivity contribution >= 4 is 32.1 Å². The number of hydrogen-bond acceptors (Lipinski definition) is 6. The van der Waals surface area contributed by atoms with Crippen LogP contribution in [-0.2, 0) is 10.0 Å². The Balaban J connectivity index is 2.56. The van der Waals surface area contributed by atoms with Gasteiger partial charge in [0.05, 0.1) is 5.60 Å². The normalized spacial score (nSPS) is 13.2. The maximum Gasteiger partial charge on any atom is 0.262 e. The molecule has 0 saturated carbocycles. The van der Waals surface area contributed by atoms with Gasteiger partial charge in [-0.3, -0.25) is 4.40 Å². The molecule has 9 heteroatoms. The van der Waals surface area contributed by atoms with E-state index in [2.05, 4.69) is 10.3 Å². The van der Waals surface area contributed by atoms with Crippen molar-refractivity contribution in [2.75, 3.05) is 25.5 Å². The molecule has 0 aliphatic heterocycles. The Morgan fingerprint density at radius 2 is 2.19 bits per heavy atom. The maximum atomic E-state index is 12.9. The molecule has 0 spiro atoms. The van der Waals surface area contributed by atoms with E-state index in [4.69, 9.17) is 0 Å². The fourth-order valence-electron chi connectivity index (χ4n) is 2.09. The number of anilines is 1. The van der Waals surface area contributed by atoms with Crippen LogP contribution in [0.4, 0.5) is 5.82 Å². The molecule has 0 atom stereocenters. The first-order chi connectivity index (χ1) is 9.70. The quantitative estimate of drug-likeness (QED) is 0.830. The lowest BCUT2D eigenvalue weighted by molar-refractivity contribution is 0.0601. The van der Waals surface area contributed by atoms with Crippen molar-refractivity contribution in [2.24, 2.45) is 0 Å². The number of nitrogens with zero attached hydrogens (tertiary/aromatic N) is 3. The zero-order valence-electron chi connectivity index (χ0n) is 12.5. The number of aliphatic hydroxyl groups is 1. The zero-order valence-corrected chi connectivity index (χ0v) is 14.1. The first-order valence-corrected chi connectivity index (χ1v) is 8.88. The summed E-state index contributed by atoms with van der Waals surface area (Å²) in [6.45, 7) is 5.20. The fraction of sp³-hybridized carbons (Fsp3) is 0.583. The highest BCUT2D eigenvalue weighted by Gasteiger charge is 2.33. The average molecular weight is 332 g/mol. The van der Waals surface area contributed by atoms with Gasteiger partial charge >= 0.3 is 0 Å². The number of sulfonamides is 1. The molecule has 0 radical (unpaired) electrons. The second-order valence-corrected chi connectivity index (χ2v) is 8.04. The van der Waals surface area contributed by atoms with Gasteiger partial charge in [-0.25, -0.2) is 13.4 Å². The Labute approximate surface area is 128 Å². The number of likely N-dealkylation sites (N-methyl/N-ethyl adjacent to an activating group) is 1. The van der Waals surface area contributed by atoms with Crippen molar-refractivity contribution in [3.8, 4) is 0 Å². The lowest BCUT2D eigenvalue weighted by atomic mass is 10.1. The maximum absolute atomic E-state index is 12.9. The average Bonchev–Trinajstić information content (AvgIpc) is 2.93. The van der Waals surface area contributed by atoms with E-state index in [1.54, 1.807) is 43.8 Å². The summed E-state index contributed by atoms with van der Waals surface area (Å²) in [6, 6.07) is 0. The van der Waals surface area contributed by atoms with Crippen molar-refractivity contribution in [3.63, 3.8) is 0 Å². The van der Waals surface area contributed by atoms with E-state index >= 15 is 0 Å². The van der Waals surface area contributed by atoms with Crippen LogP contribution in [0.2, 0.25) is 0 Å². The lowest BCUT2D eigenvalue weighted by Gasteiger charge is -2.27. The Hall–Kier alpha value is -1.16. The van der Waals surface area contributed by atoms with Gasteiger partial charge in [-0.05, 0) is 13.8 Å². The Morgan fingerprint density at radius 3 is 2.71 bits per heavy atom. The number of thiazole rings is 1. The van der Waals surface area contributed by atoms with Crippen LogP contribution in [0.3, 0.4) is 0 Å². The van der Waals surface area contributed by atoms with Gasteiger partial charge in [0.15, 0.2) is 15.8 Å². The zero-order chi connectivity index (χ0) is 15.8. The fourth-order valence-corrected chi connectivity index (χ4v) is 4.73. The molecule has 0 aliphatic carbocycles. The number of fused-ring (bicyclic) bond motifs is 1. The van der Waals surface area contributed by atoms with E-state index in [1.165, 1.54) is 15.6 Å². The molecule has 21 heavy (non-hydrogen) atoms. The van der Waals surface area contributed by atoms with E-state index in [1.807, 2.05) is 0 Å². The topological polar surface area (TPSA) is 86.9 Å². The highest BCUT2D eigenvalue weighted by atomic mass is 32.2. The second kappa shape index (κ2) is 5.56. The molecular formula is C12H20N4O3S2. The van der Waals surface area contributed by atoms with Crippen molar-refractivity contribution < 1.29 is 13.5 Å². The van der Waals surface area contributed by atoms with Crippen LogP contribution < -0.4 is 5.32 Å². The van der Waals surface area contributed by atoms with E-state index in [0.717, 1.165) is 0 Å². The van der Waals surface area contributed by atoms with Crippen molar-refractivity contribution in [2.45, 2.75) is 31.4 Å². The predicted molar refractivity (Wildman–Crippen MR) is 83.3 cm³/mol. The van der Waals surface area contributed by atoms with Crippen LogP contribution in [0.1, 0.15) is 20.8 Å². The largest absolute Gasteiger partial charge is 0.389 e. The molecule has 2 aromatic heterocycles. The standard InChI is InChI=1S/C12H20N4O3S2/c1-5-15(8-12(2,3)17)21(18,19)10-9(13-4)14-11-16(10)6-7-20-11/h6-7,13,17H,5,8H2,1-4H3. The summed E-state index contributed by atoms with van der Waals surface area (Å²) in [5.41, 5.74) is -1.11. The highest BCUT2D eigenvalue weighted by molar-refractivity contribution is 7.89. The smallest absolute Gasteiger partial charge is 0.262 e. The third-order valence-electron chi connectivity index (χ3n) is 2.96. The number of imidazole rings is 1. The van der Waals surface area contributed by atoms with Gasteiger partial charge in [0.1, 0.15) is 0 Å². The van der Waals surface area contributed by atoms with E-state index in [9.17, 15) is 13.5 Å². The molecular weight excluding hydrogens is 312 g/mol. The minimum atomic E-state index is -3.76. The lowest BCUT2D eigenvalue weighted by Crippen LogP contribution is -2.42. The summed E-state index contributed by atoms with van der Waals surface area (Å²) in [4.78, 5) is 4.88. The van der Waals surface area contributed by atoms with Crippen molar-refractivity contribution in [3.05, 3.63) is 11.6 Å². The van der Waals surface area contributed by atoms with Gasteiger partial charge in [0.2, 0.25) is 0 Å². The molecule has 2 heterocycles. The minimum absolute atomic E-state index is 0.0202. The third kappa shape index (κ3) is 3.05. The van der Waals surface area contributed by atoms with Crippen LogP contribution in [0, 0.1) is 0 Å². The summed E-state index contributed by atoms with van der Waals surface area (Å²) in [7, 11) is -2.13. The van der Waals surface area contributed by atoms with Gasteiger partial charge < -0.3 is 10.4 Å². The van der Waals surface area contributed by atoms with Crippen LogP contribution in [0.15, 0.2) is 16.6 Å². The molecule has 0 saturated heterocycles. The summed E-state index contributed by atoms with van der Waals surface area (Å²) < 4.78 is 28.6. The molecule has 0 fully saturated rings. The van der Waals surface area contributed by atoms with Crippen molar-refractivity contribution in [1.29, 1.82) is 0 Å². The van der Waals surface area contributed by atoms with E-state index in [-0.39, 0.29) is 18.1 Å². The Bertz CT molecular complexity index is 727. The second-order valence-electron chi connectivity index (χ2n) is 5.31. The molecule has 2 N–H and O–H groups in total. The molecule has 2 aromatic rings. The molecule has 0 aromatic carbocycles. The first kappa shape index (κ1) is 16.2. The molecule has 118 valence electrons. The minimum Gasteiger partial charge on any atom is -0.389 e. The van der Waals surface area contributed by atoms with Crippen LogP contribution >= 0.6 is 11.3 Å². The Kier molecular flexibility index (Phi) is 4.29. The summed E-state index contributed by atoms with van der Waals surface area (Å²) in [5.74, 6) is 0.316. The van der Waals surface area contributed by atoms with Gasteiger partial charge in [0, 0.05) is 31.7 Å². The summed E-state index contributed by atoms with van der Waals surface area (Å²) in [5, 5.41) is 14.7. The number of aromatic nitrogens is 2. The van der Waals surface area contributed by atoms with Gasteiger partial charge in [-0.1, -0.05) is 6.92 Å². The number of nitrogens with one attached hydrogen (secondary N) is 1. The van der Waals surface area contributed by atoms with Crippen molar-refractivity contribution in [1.82, 2.24) is 13.7 Å². The van der Waals surface area contributed by atoms with Gasteiger partial charge in [0.25, 0.3) is 10.0 Å². The predicted octanol–water partition coefficient (Wildman–Crippen LogP) is 1.22. The third-order valence-corrected chi connectivity index (χ3v) is 5.66.